The number of sulfonamides is 1. The van der Waals surface area contributed by atoms with Crippen LogP contribution in [0.5, 0.6) is 0 Å². The highest BCUT2D eigenvalue weighted by Gasteiger charge is 2.32. The zero-order chi connectivity index (χ0) is 26.4. The van der Waals surface area contributed by atoms with Crippen LogP contribution in [0.1, 0.15) is 36.1 Å². The first kappa shape index (κ1) is 26.9. The molecule has 1 saturated heterocycles. The summed E-state index contributed by atoms with van der Waals surface area (Å²) in [6, 6.07) is 19.6. The Labute approximate surface area is 221 Å². The highest BCUT2D eigenvalue weighted by atomic mass is 32.2. The van der Waals surface area contributed by atoms with E-state index in [-0.39, 0.29) is 33.0 Å². The fourth-order valence-corrected chi connectivity index (χ4v) is 7.21. The fraction of sp³-hybridized carbons (Fsp3) is 0.346. The summed E-state index contributed by atoms with van der Waals surface area (Å²) in [5.41, 5.74) is 2.53. The number of carbonyl (C=O) groups excluding carboxylic acids is 2. The van der Waals surface area contributed by atoms with Gasteiger partial charge in [-0.25, -0.2) is 18.1 Å². The van der Waals surface area contributed by atoms with E-state index < -0.39 is 16.1 Å². The molecular weight excluding hydrogens is 510 g/mol. The Hall–Kier alpha value is -3.12. The number of aromatic nitrogens is 1. The van der Waals surface area contributed by atoms with Crippen LogP contribution in [-0.4, -0.2) is 50.9 Å². The first-order chi connectivity index (χ1) is 17.7. The molecule has 1 fully saturated rings. The molecule has 3 aromatic rings. The maximum absolute atomic E-state index is 13.1. The van der Waals surface area contributed by atoms with Gasteiger partial charge < -0.3 is 16.0 Å². The number of carbonyl (C=O) groups is 2. The third kappa shape index (κ3) is 7.01. The van der Waals surface area contributed by atoms with Crippen molar-refractivity contribution in [3.05, 3.63) is 77.5 Å². The molecule has 0 bridgehead atoms. The van der Waals surface area contributed by atoms with Gasteiger partial charge in [0.05, 0.1) is 11.6 Å². The molecule has 0 radical (unpaired) electrons. The number of rotatable bonds is 9. The van der Waals surface area contributed by atoms with Crippen LogP contribution < -0.4 is 20.7 Å². The Morgan fingerprint density at radius 2 is 1.68 bits per heavy atom. The molecule has 4 N–H and O–H groups in total. The third-order valence-electron chi connectivity index (χ3n) is 6.21. The van der Waals surface area contributed by atoms with E-state index in [1.807, 2.05) is 36.4 Å². The van der Waals surface area contributed by atoms with Crippen molar-refractivity contribution in [3.8, 4) is 0 Å². The molecule has 2 heterocycles. The molecule has 2 atom stereocenters. The number of hydrogen-bond acceptors (Lipinski definition) is 7. The first-order valence-electron chi connectivity index (χ1n) is 12.1. The van der Waals surface area contributed by atoms with E-state index in [9.17, 15) is 18.0 Å². The number of amides is 2. The standard InChI is InChI=1S/C26H31N5O4S2/c1-17-25(36-26(29-17)30-18(2)32)37(34,35)31-22-13-21(14-27-15-22)24(33)28-16-23(19-9-5-3-6-10-19)20-11-7-4-8-12-20/h3-12,21-23,27,31H,13-16H2,1-2H3,(H,28,33)(H,29,30,32). The van der Waals surface area contributed by atoms with E-state index >= 15 is 0 Å². The van der Waals surface area contributed by atoms with Crippen molar-refractivity contribution < 1.29 is 18.0 Å². The zero-order valence-corrected chi connectivity index (χ0v) is 22.4. The van der Waals surface area contributed by atoms with Gasteiger partial charge >= 0.3 is 0 Å². The summed E-state index contributed by atoms with van der Waals surface area (Å²) in [5.74, 6) is -0.816. The minimum Gasteiger partial charge on any atom is -0.355 e. The number of aryl methyl sites for hydroxylation is 1. The minimum absolute atomic E-state index is 0.00399. The van der Waals surface area contributed by atoms with Crippen LogP contribution in [0.3, 0.4) is 0 Å². The van der Waals surface area contributed by atoms with Gasteiger partial charge in [0.15, 0.2) is 9.34 Å². The van der Waals surface area contributed by atoms with Crippen LogP contribution >= 0.6 is 11.3 Å². The molecule has 1 aliphatic rings. The van der Waals surface area contributed by atoms with Crippen LogP contribution in [0.25, 0.3) is 0 Å². The van der Waals surface area contributed by atoms with Gasteiger partial charge in [0, 0.05) is 38.5 Å². The average molecular weight is 542 g/mol. The molecule has 37 heavy (non-hydrogen) atoms. The molecule has 0 spiro atoms. The molecule has 0 aliphatic carbocycles. The maximum atomic E-state index is 13.1. The van der Waals surface area contributed by atoms with Gasteiger partial charge in [-0.3, -0.25) is 9.59 Å². The lowest BCUT2D eigenvalue weighted by Gasteiger charge is -2.30. The Morgan fingerprint density at radius 1 is 1.05 bits per heavy atom. The zero-order valence-electron chi connectivity index (χ0n) is 20.7. The van der Waals surface area contributed by atoms with E-state index in [2.05, 4.69) is 49.9 Å². The lowest BCUT2D eigenvalue weighted by molar-refractivity contribution is -0.125. The number of thiazole rings is 1. The average Bonchev–Trinajstić information content (AvgIpc) is 3.25. The second-order valence-corrected chi connectivity index (χ2v) is 12.0. The van der Waals surface area contributed by atoms with Crippen molar-refractivity contribution in [1.82, 2.24) is 20.3 Å². The van der Waals surface area contributed by atoms with Crippen LogP contribution in [0.2, 0.25) is 0 Å². The lowest BCUT2D eigenvalue weighted by atomic mass is 9.90. The molecular formula is C26H31N5O4S2. The SMILES string of the molecule is CC(=O)Nc1nc(C)c(S(=O)(=O)NC2CNCC(C(=O)NCC(c3ccccc3)c3ccccc3)C2)s1. The van der Waals surface area contributed by atoms with E-state index in [4.69, 9.17) is 0 Å². The van der Waals surface area contributed by atoms with Crippen LogP contribution in [-0.2, 0) is 19.6 Å². The van der Waals surface area contributed by atoms with E-state index in [0.717, 1.165) is 22.5 Å². The largest absolute Gasteiger partial charge is 0.355 e. The van der Waals surface area contributed by atoms with Gasteiger partial charge in [0.1, 0.15) is 0 Å². The molecule has 0 saturated carbocycles. The molecule has 9 nitrogen and oxygen atoms in total. The Balaban J connectivity index is 1.39. The van der Waals surface area contributed by atoms with Crippen molar-refractivity contribution in [2.24, 2.45) is 5.92 Å². The summed E-state index contributed by atoms with van der Waals surface area (Å²) in [4.78, 5) is 28.6. The Morgan fingerprint density at radius 3 is 2.27 bits per heavy atom. The van der Waals surface area contributed by atoms with Crippen molar-refractivity contribution in [2.45, 2.75) is 36.4 Å². The van der Waals surface area contributed by atoms with Crippen molar-refractivity contribution in [1.29, 1.82) is 0 Å². The van der Waals surface area contributed by atoms with Gasteiger partial charge in [0.2, 0.25) is 11.8 Å². The van der Waals surface area contributed by atoms with E-state index in [1.54, 1.807) is 6.92 Å². The number of piperidine rings is 1. The summed E-state index contributed by atoms with van der Waals surface area (Å²) in [6.07, 6.45) is 0.371. The van der Waals surface area contributed by atoms with Gasteiger partial charge in [-0.05, 0) is 24.5 Å². The Bertz CT molecular complexity index is 1290. The first-order valence-corrected chi connectivity index (χ1v) is 14.4. The number of nitrogens with one attached hydrogen (secondary N) is 4. The number of benzene rings is 2. The quantitative estimate of drug-likeness (QED) is 0.330. The topological polar surface area (TPSA) is 129 Å². The summed E-state index contributed by atoms with van der Waals surface area (Å²) in [5, 5.41) is 9.02. The predicted octanol–water partition coefficient (Wildman–Crippen LogP) is 2.61. The van der Waals surface area contributed by atoms with Crippen LogP contribution in [0, 0.1) is 12.8 Å². The Kier molecular flexibility index (Phi) is 8.70. The highest BCUT2D eigenvalue weighted by Crippen LogP contribution is 2.28. The normalized spacial score (nSPS) is 17.9. The lowest BCUT2D eigenvalue weighted by Crippen LogP contribution is -2.52. The molecule has 1 aliphatic heterocycles. The summed E-state index contributed by atoms with van der Waals surface area (Å²) < 4.78 is 28.8. The van der Waals surface area contributed by atoms with Gasteiger partial charge in [0.25, 0.3) is 10.0 Å². The van der Waals surface area contributed by atoms with Crippen LogP contribution in [0.4, 0.5) is 5.13 Å². The van der Waals surface area contributed by atoms with Gasteiger partial charge in [-0.2, -0.15) is 0 Å². The second kappa shape index (κ2) is 12.0. The number of anilines is 1. The number of nitrogens with zero attached hydrogens (tertiary/aromatic N) is 1. The summed E-state index contributed by atoms with van der Waals surface area (Å²) in [6.45, 7) is 4.24. The van der Waals surface area contributed by atoms with E-state index in [1.165, 1.54) is 6.92 Å². The van der Waals surface area contributed by atoms with Gasteiger partial charge in [-0.15, -0.1) is 0 Å². The molecule has 196 valence electrons. The fourth-order valence-electron chi connectivity index (χ4n) is 4.49. The summed E-state index contributed by atoms with van der Waals surface area (Å²) >= 11 is 0.904. The molecule has 11 heteroatoms. The molecule has 2 aromatic carbocycles. The smallest absolute Gasteiger partial charge is 0.252 e. The maximum Gasteiger partial charge on any atom is 0.252 e. The molecule has 1 aromatic heterocycles. The minimum atomic E-state index is -3.87. The predicted molar refractivity (Wildman–Crippen MR) is 144 cm³/mol. The highest BCUT2D eigenvalue weighted by molar-refractivity contribution is 7.91. The van der Waals surface area contributed by atoms with Crippen LogP contribution in [0.15, 0.2) is 64.9 Å². The van der Waals surface area contributed by atoms with Crippen molar-refractivity contribution >= 4 is 38.3 Å². The monoisotopic (exact) mass is 541 g/mol. The summed E-state index contributed by atoms with van der Waals surface area (Å²) in [7, 11) is -3.87. The third-order valence-corrected chi connectivity index (χ3v) is 9.41. The van der Waals surface area contributed by atoms with Crippen molar-refractivity contribution in [2.75, 3.05) is 25.0 Å². The molecule has 2 amide bonds. The number of hydrogen-bond donors (Lipinski definition) is 4. The van der Waals surface area contributed by atoms with Crippen molar-refractivity contribution in [3.63, 3.8) is 0 Å². The second-order valence-electron chi connectivity index (χ2n) is 9.10. The molecule has 2 unspecified atom stereocenters. The van der Waals surface area contributed by atoms with Gasteiger partial charge in [-0.1, -0.05) is 72.0 Å². The molecule has 4 rings (SSSR count). The van der Waals surface area contributed by atoms with E-state index in [0.29, 0.717) is 31.7 Å².